The van der Waals surface area contributed by atoms with E-state index in [9.17, 15) is 4.79 Å². The number of benzene rings is 1. The van der Waals surface area contributed by atoms with Crippen LogP contribution in [0.15, 0.2) is 22.7 Å². The number of aryl methyl sites for hydroxylation is 1. The first-order chi connectivity index (χ1) is 8.42. The van der Waals surface area contributed by atoms with Crippen molar-refractivity contribution in [3.05, 3.63) is 33.8 Å². The van der Waals surface area contributed by atoms with Crippen molar-refractivity contribution in [3.8, 4) is 0 Å². The average Bonchev–Trinajstić information content (AvgIpc) is 2.27. The molecule has 98 valence electrons. The summed E-state index contributed by atoms with van der Waals surface area (Å²) in [7, 11) is 0. The minimum Gasteiger partial charge on any atom is -0.331 e. The lowest BCUT2D eigenvalue weighted by atomic mass is 9.97. The Labute approximate surface area is 117 Å². The summed E-state index contributed by atoms with van der Waals surface area (Å²) in [5.74, 6) is 0.131. The van der Waals surface area contributed by atoms with E-state index in [0.717, 1.165) is 35.2 Å². The van der Waals surface area contributed by atoms with Crippen LogP contribution in [0.4, 0.5) is 0 Å². The van der Waals surface area contributed by atoms with Crippen molar-refractivity contribution >= 4 is 21.8 Å². The third-order valence-electron chi connectivity index (χ3n) is 3.46. The van der Waals surface area contributed by atoms with E-state index in [1.165, 1.54) is 0 Å². The van der Waals surface area contributed by atoms with Gasteiger partial charge in [0.05, 0.1) is 5.54 Å². The molecule has 0 aliphatic carbocycles. The molecule has 1 amide bonds. The predicted molar refractivity (Wildman–Crippen MR) is 76.9 cm³/mol. The van der Waals surface area contributed by atoms with Gasteiger partial charge < -0.3 is 10.2 Å². The van der Waals surface area contributed by atoms with Gasteiger partial charge in [-0.15, -0.1) is 0 Å². The van der Waals surface area contributed by atoms with Crippen molar-refractivity contribution in [3.63, 3.8) is 0 Å². The Bertz CT molecular complexity index is 471. The quantitative estimate of drug-likeness (QED) is 0.864. The summed E-state index contributed by atoms with van der Waals surface area (Å²) >= 11 is 3.43. The van der Waals surface area contributed by atoms with Crippen LogP contribution in [-0.2, 0) is 0 Å². The number of nitrogens with zero attached hydrogens (tertiary/aromatic N) is 1. The zero-order valence-electron chi connectivity index (χ0n) is 11.1. The minimum absolute atomic E-state index is 0.130. The van der Waals surface area contributed by atoms with Gasteiger partial charge in [-0.1, -0.05) is 15.9 Å². The summed E-state index contributed by atoms with van der Waals surface area (Å²) in [4.78, 5) is 14.6. The number of rotatable bonds is 1. The number of hydrogen-bond donors (Lipinski definition) is 1. The average molecular weight is 311 g/mol. The van der Waals surface area contributed by atoms with Gasteiger partial charge in [-0.3, -0.25) is 4.79 Å². The molecule has 1 saturated heterocycles. The molecule has 4 heteroatoms. The number of piperazine rings is 1. The Morgan fingerprint density at radius 2 is 2.17 bits per heavy atom. The van der Waals surface area contributed by atoms with Gasteiger partial charge in [0, 0.05) is 29.7 Å². The Morgan fingerprint density at radius 1 is 1.44 bits per heavy atom. The Morgan fingerprint density at radius 3 is 2.78 bits per heavy atom. The normalized spacial score (nSPS) is 18.8. The summed E-state index contributed by atoms with van der Waals surface area (Å²) in [5, 5.41) is 3.33. The highest BCUT2D eigenvalue weighted by Gasteiger charge is 2.34. The number of amides is 1. The first kappa shape index (κ1) is 13.6. The molecular formula is C14H19BrN2O. The van der Waals surface area contributed by atoms with Crippen molar-refractivity contribution in [1.82, 2.24) is 10.2 Å². The standard InChI is InChI=1S/C14H19BrN2O/c1-10-8-11(15)4-5-12(10)13(18)17-7-6-16-9-14(17,2)3/h4-5,8,16H,6-7,9H2,1-3H3. The Hall–Kier alpha value is -0.870. The smallest absolute Gasteiger partial charge is 0.254 e. The van der Waals surface area contributed by atoms with E-state index in [0.29, 0.717) is 0 Å². The summed E-state index contributed by atoms with van der Waals surface area (Å²) in [5.41, 5.74) is 1.69. The summed E-state index contributed by atoms with van der Waals surface area (Å²) in [6, 6.07) is 5.82. The highest BCUT2D eigenvalue weighted by atomic mass is 79.9. The fraction of sp³-hybridized carbons (Fsp3) is 0.500. The van der Waals surface area contributed by atoms with Gasteiger partial charge in [0.1, 0.15) is 0 Å². The van der Waals surface area contributed by atoms with Crippen LogP contribution < -0.4 is 5.32 Å². The van der Waals surface area contributed by atoms with E-state index in [4.69, 9.17) is 0 Å². The van der Waals surface area contributed by atoms with Crippen LogP contribution in [0.2, 0.25) is 0 Å². The number of carbonyl (C=O) groups is 1. The Balaban J connectivity index is 2.30. The van der Waals surface area contributed by atoms with Crippen LogP contribution in [0, 0.1) is 6.92 Å². The van der Waals surface area contributed by atoms with E-state index < -0.39 is 0 Å². The molecule has 0 atom stereocenters. The number of carbonyl (C=O) groups excluding carboxylic acids is 1. The molecule has 2 rings (SSSR count). The second-order valence-electron chi connectivity index (χ2n) is 5.41. The lowest BCUT2D eigenvalue weighted by Crippen LogP contribution is -2.59. The van der Waals surface area contributed by atoms with Crippen molar-refractivity contribution < 1.29 is 4.79 Å². The molecular weight excluding hydrogens is 292 g/mol. The second-order valence-corrected chi connectivity index (χ2v) is 6.32. The molecule has 1 aromatic carbocycles. The van der Waals surface area contributed by atoms with Crippen LogP contribution in [-0.4, -0.2) is 36.0 Å². The highest BCUT2D eigenvalue weighted by Crippen LogP contribution is 2.23. The molecule has 0 unspecified atom stereocenters. The molecule has 1 fully saturated rings. The third kappa shape index (κ3) is 2.59. The third-order valence-corrected chi connectivity index (χ3v) is 3.96. The second kappa shape index (κ2) is 5.02. The van der Waals surface area contributed by atoms with Crippen LogP contribution in [0.25, 0.3) is 0 Å². The number of hydrogen-bond acceptors (Lipinski definition) is 2. The topological polar surface area (TPSA) is 32.3 Å². The molecule has 18 heavy (non-hydrogen) atoms. The van der Waals surface area contributed by atoms with Crippen molar-refractivity contribution in [2.75, 3.05) is 19.6 Å². The minimum atomic E-state index is -0.130. The van der Waals surface area contributed by atoms with Gasteiger partial charge in [-0.05, 0) is 44.5 Å². The summed E-state index contributed by atoms with van der Waals surface area (Å²) < 4.78 is 1.01. The van der Waals surface area contributed by atoms with Gasteiger partial charge in [-0.2, -0.15) is 0 Å². The molecule has 3 nitrogen and oxygen atoms in total. The van der Waals surface area contributed by atoms with Crippen molar-refractivity contribution in [2.24, 2.45) is 0 Å². The zero-order valence-corrected chi connectivity index (χ0v) is 12.7. The van der Waals surface area contributed by atoms with E-state index in [1.54, 1.807) is 0 Å². The van der Waals surface area contributed by atoms with Gasteiger partial charge in [-0.25, -0.2) is 0 Å². The van der Waals surface area contributed by atoms with Gasteiger partial charge in [0.15, 0.2) is 0 Å². The highest BCUT2D eigenvalue weighted by molar-refractivity contribution is 9.10. The molecule has 0 saturated carbocycles. The van der Waals surface area contributed by atoms with Crippen LogP contribution in [0.3, 0.4) is 0 Å². The predicted octanol–water partition coefficient (Wildman–Crippen LogP) is 2.58. The van der Waals surface area contributed by atoms with E-state index in [1.807, 2.05) is 30.0 Å². The molecule has 0 spiro atoms. The van der Waals surface area contributed by atoms with Gasteiger partial charge in [0.25, 0.3) is 5.91 Å². The van der Waals surface area contributed by atoms with Crippen molar-refractivity contribution in [1.29, 1.82) is 0 Å². The van der Waals surface area contributed by atoms with Crippen LogP contribution >= 0.6 is 15.9 Å². The summed E-state index contributed by atoms with van der Waals surface area (Å²) in [6.07, 6.45) is 0. The zero-order chi connectivity index (χ0) is 13.3. The molecule has 1 aliphatic rings. The molecule has 0 bridgehead atoms. The molecule has 1 aromatic rings. The van der Waals surface area contributed by atoms with Gasteiger partial charge in [0.2, 0.25) is 0 Å². The molecule has 0 radical (unpaired) electrons. The van der Waals surface area contributed by atoms with E-state index >= 15 is 0 Å². The lowest BCUT2D eigenvalue weighted by molar-refractivity contribution is 0.0477. The van der Waals surface area contributed by atoms with Crippen molar-refractivity contribution in [2.45, 2.75) is 26.3 Å². The van der Waals surface area contributed by atoms with Crippen LogP contribution in [0.1, 0.15) is 29.8 Å². The lowest BCUT2D eigenvalue weighted by Gasteiger charge is -2.43. The molecule has 0 aromatic heterocycles. The summed E-state index contributed by atoms with van der Waals surface area (Å²) in [6.45, 7) is 8.66. The fourth-order valence-corrected chi connectivity index (χ4v) is 2.85. The van der Waals surface area contributed by atoms with Crippen LogP contribution in [0.5, 0.6) is 0 Å². The number of nitrogens with one attached hydrogen (secondary N) is 1. The largest absolute Gasteiger partial charge is 0.331 e. The first-order valence-corrected chi connectivity index (χ1v) is 7.00. The van der Waals surface area contributed by atoms with E-state index in [-0.39, 0.29) is 11.4 Å². The molecule has 1 N–H and O–H groups in total. The van der Waals surface area contributed by atoms with E-state index in [2.05, 4.69) is 35.1 Å². The fourth-order valence-electron chi connectivity index (χ4n) is 2.37. The molecule has 1 aliphatic heterocycles. The number of halogens is 1. The SMILES string of the molecule is Cc1cc(Br)ccc1C(=O)N1CCNCC1(C)C. The first-order valence-electron chi connectivity index (χ1n) is 6.21. The maximum atomic E-state index is 12.6. The maximum Gasteiger partial charge on any atom is 0.254 e. The molecule has 1 heterocycles. The maximum absolute atomic E-state index is 12.6. The van der Waals surface area contributed by atoms with Gasteiger partial charge >= 0.3 is 0 Å². The monoisotopic (exact) mass is 310 g/mol. The Kier molecular flexibility index (Phi) is 3.78.